The number of carbonyl (C=O) groups excluding carboxylic acids is 2. The molecule has 1 aromatic heterocycles. The van der Waals surface area contributed by atoms with E-state index in [-0.39, 0.29) is 41.8 Å². The lowest BCUT2D eigenvalue weighted by molar-refractivity contribution is -0.513. The van der Waals surface area contributed by atoms with Gasteiger partial charge < -0.3 is 25.4 Å². The predicted molar refractivity (Wildman–Crippen MR) is 157 cm³/mol. The summed E-state index contributed by atoms with van der Waals surface area (Å²) in [6, 6.07) is 2.98. The third-order valence-corrected chi connectivity index (χ3v) is 11.3. The fourth-order valence-corrected chi connectivity index (χ4v) is 9.78. The molecule has 0 spiro atoms. The number of nitrogens with two attached hydrogens (primary N) is 1. The first-order valence-corrected chi connectivity index (χ1v) is 15.3. The first kappa shape index (κ1) is 30.7. The molecule has 2 unspecified atom stereocenters. The van der Waals surface area contributed by atoms with Crippen molar-refractivity contribution in [3.8, 4) is 0 Å². The van der Waals surface area contributed by atoms with Crippen molar-refractivity contribution in [1.82, 2.24) is 4.98 Å². The van der Waals surface area contributed by atoms with E-state index in [0.29, 0.717) is 19.3 Å². The van der Waals surface area contributed by atoms with Gasteiger partial charge in [0.2, 0.25) is 11.1 Å². The second kappa shape index (κ2) is 11.4. The maximum atomic E-state index is 13.6. The van der Waals surface area contributed by atoms with Crippen LogP contribution in [0.15, 0.2) is 41.2 Å². The molecule has 0 aliphatic heterocycles. The summed E-state index contributed by atoms with van der Waals surface area (Å²) >= 11 is 0.729. The number of pyridine rings is 1. The van der Waals surface area contributed by atoms with E-state index in [2.05, 4.69) is 24.9 Å². The molecule has 0 bridgehead atoms. The van der Waals surface area contributed by atoms with E-state index in [1.54, 1.807) is 6.07 Å². The van der Waals surface area contributed by atoms with Crippen LogP contribution >= 0.6 is 11.8 Å². The van der Waals surface area contributed by atoms with Crippen LogP contribution in [-0.2, 0) is 19.1 Å². The van der Waals surface area contributed by atoms with E-state index in [0.717, 1.165) is 40.7 Å². The second-order valence-electron chi connectivity index (χ2n) is 12.8. The van der Waals surface area contributed by atoms with Crippen LogP contribution in [0, 0.1) is 51.3 Å². The molecule has 226 valence electrons. The van der Waals surface area contributed by atoms with Crippen LogP contribution in [0.5, 0.6) is 0 Å². The number of methoxy groups -OCH3 is 1. The van der Waals surface area contributed by atoms with E-state index in [1.807, 2.05) is 12.2 Å². The topological polar surface area (TPSA) is 150 Å². The summed E-state index contributed by atoms with van der Waals surface area (Å²) in [5, 5.41) is 29.4. The number of aliphatic hydroxyl groups is 1. The van der Waals surface area contributed by atoms with Gasteiger partial charge >= 0.3 is 5.97 Å². The highest BCUT2D eigenvalue weighted by molar-refractivity contribution is 8.24. The summed E-state index contributed by atoms with van der Waals surface area (Å²) in [5.41, 5.74) is 1.99. The number of aliphatic hydroxyl groups excluding tert-OH is 1. The number of nitrogens with zero attached hydrogens (tertiary/aromatic N) is 1. The predicted octanol–water partition coefficient (Wildman–Crippen LogP) is 3.90. The van der Waals surface area contributed by atoms with Gasteiger partial charge in [-0.3, -0.25) is 10.1 Å². The van der Waals surface area contributed by atoms with Gasteiger partial charge in [-0.1, -0.05) is 26.3 Å². The van der Waals surface area contributed by atoms with Gasteiger partial charge in [-0.05, 0) is 85.1 Å². The lowest BCUT2D eigenvalue weighted by atomic mass is 9.44. The van der Waals surface area contributed by atoms with Crippen LogP contribution in [0.1, 0.15) is 52.9 Å². The number of aromatic nitrogens is 1. The zero-order valence-electron chi connectivity index (χ0n) is 24.5. The van der Waals surface area contributed by atoms with Crippen molar-refractivity contribution in [3.63, 3.8) is 0 Å². The van der Waals surface area contributed by atoms with E-state index >= 15 is 0 Å². The Kier molecular flexibility index (Phi) is 8.34. The van der Waals surface area contributed by atoms with Crippen molar-refractivity contribution >= 4 is 40.3 Å². The molecule has 0 radical (unpaired) electrons. The van der Waals surface area contributed by atoms with Gasteiger partial charge in [0.25, 0.3) is 0 Å². The Labute approximate surface area is 249 Å². The van der Waals surface area contributed by atoms with Gasteiger partial charge in [-0.25, -0.2) is 9.78 Å². The van der Waals surface area contributed by atoms with Gasteiger partial charge in [0.05, 0.1) is 17.8 Å². The lowest BCUT2D eigenvalue weighted by Gasteiger charge is -2.61. The summed E-state index contributed by atoms with van der Waals surface area (Å²) in [7, 11) is 1.40. The Morgan fingerprint density at radius 2 is 2.07 bits per heavy atom. The van der Waals surface area contributed by atoms with Crippen molar-refractivity contribution in [2.75, 3.05) is 13.7 Å². The van der Waals surface area contributed by atoms with Gasteiger partial charge in [-0.15, -0.1) is 0 Å². The molecule has 1 aromatic rings. The highest BCUT2D eigenvalue weighted by Crippen LogP contribution is 2.69. The van der Waals surface area contributed by atoms with Crippen LogP contribution in [0.25, 0.3) is 0 Å². The van der Waals surface area contributed by atoms with Crippen molar-refractivity contribution in [3.05, 3.63) is 47.2 Å². The van der Waals surface area contributed by atoms with Crippen LogP contribution in [-0.4, -0.2) is 58.4 Å². The van der Waals surface area contributed by atoms with Crippen molar-refractivity contribution in [2.45, 2.75) is 64.6 Å². The first-order valence-electron chi connectivity index (χ1n) is 14.4. The molecule has 9 nitrogen and oxygen atoms in total. The number of ether oxygens (including phenoxy) is 2. The fraction of sp³-hybridized carbons (Fsp3) is 0.581. The number of allylic oxidation sites excluding steroid dienone is 3. The first-order chi connectivity index (χ1) is 19.9. The second-order valence-corrected chi connectivity index (χ2v) is 13.6. The normalized spacial score (nSPS) is 37.2. The average molecular weight is 600 g/mol. The maximum Gasteiger partial charge on any atom is 0.333 e. The van der Waals surface area contributed by atoms with Gasteiger partial charge in [0.1, 0.15) is 12.3 Å². The van der Waals surface area contributed by atoms with E-state index in [1.165, 1.54) is 31.2 Å². The number of nitrogens with one attached hydrogen (secondary N) is 2. The molecule has 4 aliphatic rings. The molecular weight excluding hydrogens is 559 g/mol. The molecule has 3 fully saturated rings. The maximum absolute atomic E-state index is 13.6. The molecule has 11 heteroatoms. The standard InChI is InChI=1S/C31H39FN4O5S/c1-17-9-20-21-7-8-31(28(39)42-16-34,41-26(38)15-40-4)30(21,3)12-24(37)27(20)29(2)11-18(13-33)23(10-22(17)29)36-19-5-6-25(32)35-14-19/h5-6,10,13-14,16-17,20-21,24,27,33-34,36-37H,7-9,11-12,15H2,1-4H3/p+1/t17-,20-,21?,24-,27?,29-,30-,31-/m0/s1. The quantitative estimate of drug-likeness (QED) is 0.153. The number of hydrogen-bond donors (Lipinski definition) is 4. The molecule has 0 amide bonds. The van der Waals surface area contributed by atoms with Gasteiger partial charge in [-0.2, -0.15) is 4.39 Å². The average Bonchev–Trinajstić information content (AvgIpc) is 3.22. The summed E-state index contributed by atoms with van der Waals surface area (Å²) < 4.78 is 24.4. The number of hydrogen-bond acceptors (Lipinski definition) is 9. The lowest BCUT2D eigenvalue weighted by Crippen LogP contribution is -2.76. The zero-order chi connectivity index (χ0) is 30.4. The Hall–Kier alpha value is -2.73. The Morgan fingerprint density at radius 3 is 2.71 bits per heavy atom. The number of carbonyl (C=O) groups is 2. The minimum Gasteiger partial charge on any atom is -0.448 e. The Bertz CT molecular complexity index is 1350. The molecule has 8 atom stereocenters. The van der Waals surface area contributed by atoms with Gasteiger partial charge in [0.15, 0.2) is 11.3 Å². The molecule has 0 aromatic carbocycles. The molecule has 3 saturated carbocycles. The number of esters is 1. The number of rotatable bonds is 8. The molecule has 4 aliphatic carbocycles. The summed E-state index contributed by atoms with van der Waals surface area (Å²) in [6.45, 7) is 6.07. The smallest absolute Gasteiger partial charge is 0.333 e. The summed E-state index contributed by atoms with van der Waals surface area (Å²) in [6.07, 6.45) is 6.89. The molecular formula is C31H40FN4O5S+. The minimum absolute atomic E-state index is 0.0167. The number of quaternary nitrogens is 1. The van der Waals surface area contributed by atoms with Crippen LogP contribution in [0.3, 0.4) is 0 Å². The van der Waals surface area contributed by atoms with E-state index < -0.39 is 34.5 Å². The highest BCUT2D eigenvalue weighted by Gasteiger charge is 2.71. The van der Waals surface area contributed by atoms with Crippen LogP contribution in [0.2, 0.25) is 0 Å². The number of halogens is 1. The fourth-order valence-electron chi connectivity index (χ4n) is 9.10. The van der Waals surface area contributed by atoms with Gasteiger partial charge in [0, 0.05) is 30.4 Å². The molecule has 0 saturated heterocycles. The largest absolute Gasteiger partial charge is 0.448 e. The van der Waals surface area contributed by atoms with E-state index in [9.17, 15) is 19.1 Å². The van der Waals surface area contributed by atoms with E-state index in [4.69, 9.17) is 20.3 Å². The Balaban J connectivity index is 1.51. The molecule has 1 heterocycles. The Morgan fingerprint density at radius 1 is 1.31 bits per heavy atom. The minimum atomic E-state index is -1.46. The summed E-state index contributed by atoms with van der Waals surface area (Å²) in [4.78, 5) is 30.1. The molecule has 5 N–H and O–H groups in total. The highest BCUT2D eigenvalue weighted by atomic mass is 32.2. The molecule has 5 rings (SSSR count). The monoisotopic (exact) mass is 599 g/mol. The number of fused-ring (bicyclic) bond motifs is 5. The zero-order valence-corrected chi connectivity index (χ0v) is 25.3. The van der Waals surface area contributed by atoms with Crippen molar-refractivity contribution in [2.24, 2.45) is 34.5 Å². The number of thioether (sulfide) groups is 1. The third-order valence-electron chi connectivity index (χ3n) is 10.7. The van der Waals surface area contributed by atoms with Crippen LogP contribution < -0.4 is 5.32 Å². The van der Waals surface area contributed by atoms with Crippen molar-refractivity contribution < 1.29 is 33.9 Å². The SMILES string of the molecule is COCC(=O)O[C@]1(C(=O)SC=N)CCC2[C@@H]3C[C@H](C)C4=CC([NH2+]c5ccc(F)nc5)=C(C=N)C[C@]4(C)C3[C@@H](O)C[C@@]21C. The summed E-state index contributed by atoms with van der Waals surface area (Å²) in [5.74, 6) is -1.03. The third kappa shape index (κ3) is 4.78. The van der Waals surface area contributed by atoms with Crippen LogP contribution in [0.4, 0.5) is 10.1 Å². The van der Waals surface area contributed by atoms with Crippen molar-refractivity contribution in [1.29, 1.82) is 10.8 Å². The molecule has 42 heavy (non-hydrogen) atoms.